The molecule has 0 spiro atoms. The summed E-state index contributed by atoms with van der Waals surface area (Å²) in [6.45, 7) is 4.81. The van der Waals surface area contributed by atoms with Crippen molar-refractivity contribution in [2.75, 3.05) is 23.4 Å². The summed E-state index contributed by atoms with van der Waals surface area (Å²) in [5.74, 6) is 0. The zero-order valence-corrected chi connectivity index (χ0v) is 25.7. The predicted octanol–water partition coefficient (Wildman–Crippen LogP) is 11.6. The van der Waals surface area contributed by atoms with Crippen molar-refractivity contribution in [2.45, 2.75) is 6.42 Å². The Bertz CT molecular complexity index is 2160. The van der Waals surface area contributed by atoms with Crippen molar-refractivity contribution in [3.05, 3.63) is 176 Å². The van der Waals surface area contributed by atoms with E-state index in [0.29, 0.717) is 0 Å². The van der Waals surface area contributed by atoms with Gasteiger partial charge in [-0.2, -0.15) is 0 Å². The molecule has 0 saturated heterocycles. The van der Waals surface area contributed by atoms with Crippen LogP contribution < -0.4 is 10.2 Å². The summed E-state index contributed by atoms with van der Waals surface area (Å²) in [5.41, 5.74) is 7.73. The van der Waals surface area contributed by atoms with Crippen LogP contribution in [0.5, 0.6) is 0 Å². The largest absolute Gasteiger partial charge is 0.385 e. The quantitative estimate of drug-likeness (QED) is 0.118. The summed E-state index contributed by atoms with van der Waals surface area (Å²) in [6, 6.07) is 47.4. The number of para-hydroxylation sites is 1. The number of hydrogen-bond donors (Lipinski definition) is 1. The van der Waals surface area contributed by atoms with Crippen LogP contribution in [0, 0.1) is 0 Å². The number of anilines is 3. The van der Waals surface area contributed by atoms with Gasteiger partial charge in [0, 0.05) is 29.0 Å². The van der Waals surface area contributed by atoms with Crippen LogP contribution in [0.4, 0.5) is 21.5 Å². The van der Waals surface area contributed by atoms with Gasteiger partial charge < -0.3 is 10.2 Å². The Balaban J connectivity index is 1.28. The van der Waals surface area contributed by atoms with Gasteiger partial charge in [0.25, 0.3) is 0 Å². The summed E-state index contributed by atoms with van der Waals surface area (Å²) in [6.07, 6.45) is 7.95. The Labute approximate surface area is 269 Å². The highest BCUT2D eigenvalue weighted by Crippen LogP contribution is 2.44. The lowest BCUT2D eigenvalue weighted by Gasteiger charge is -2.28. The van der Waals surface area contributed by atoms with Gasteiger partial charge in [-0.1, -0.05) is 128 Å². The normalized spacial score (nSPS) is 11.8. The van der Waals surface area contributed by atoms with Gasteiger partial charge in [-0.25, -0.2) is 4.39 Å². The van der Waals surface area contributed by atoms with Gasteiger partial charge in [0.05, 0.1) is 5.69 Å². The molecule has 0 unspecified atom stereocenters. The van der Waals surface area contributed by atoms with E-state index >= 15 is 0 Å². The third kappa shape index (κ3) is 5.76. The molecule has 0 atom stereocenters. The van der Waals surface area contributed by atoms with Crippen molar-refractivity contribution in [3.8, 4) is 11.1 Å². The number of alkyl halides is 1. The maximum atomic E-state index is 12.7. The molecular weight excluding hydrogens is 563 g/mol. The molecule has 0 aliphatic carbocycles. The molecule has 0 heterocycles. The fraction of sp³-hybridized carbons (Fsp3) is 0.0698. The van der Waals surface area contributed by atoms with Gasteiger partial charge in [-0.15, -0.1) is 0 Å². The van der Waals surface area contributed by atoms with Crippen LogP contribution in [0.3, 0.4) is 0 Å². The second-order valence-electron chi connectivity index (χ2n) is 11.5. The van der Waals surface area contributed by atoms with E-state index in [2.05, 4.69) is 132 Å². The Morgan fingerprint density at radius 3 is 2.07 bits per heavy atom. The molecule has 0 aromatic heterocycles. The molecule has 0 fully saturated rings. The molecule has 1 N–H and O–H groups in total. The van der Waals surface area contributed by atoms with E-state index in [1.54, 1.807) is 6.08 Å². The second kappa shape index (κ2) is 13.1. The molecule has 7 aromatic rings. The van der Waals surface area contributed by atoms with Crippen LogP contribution in [0.15, 0.2) is 170 Å². The molecule has 0 saturated carbocycles. The zero-order valence-electron chi connectivity index (χ0n) is 25.7. The van der Waals surface area contributed by atoms with Crippen molar-refractivity contribution >= 4 is 49.4 Å². The molecule has 224 valence electrons. The van der Waals surface area contributed by atoms with Gasteiger partial charge >= 0.3 is 0 Å². The summed E-state index contributed by atoms with van der Waals surface area (Å²) in [4.78, 5) is 2.18. The Morgan fingerprint density at radius 2 is 1.33 bits per heavy atom. The second-order valence-corrected chi connectivity index (χ2v) is 11.5. The topological polar surface area (TPSA) is 15.3 Å². The average Bonchev–Trinajstić information content (AvgIpc) is 3.11. The predicted molar refractivity (Wildman–Crippen MR) is 196 cm³/mol. The first-order chi connectivity index (χ1) is 22.7. The molecule has 7 aromatic carbocycles. The van der Waals surface area contributed by atoms with Gasteiger partial charge in [-0.05, 0) is 86.5 Å². The lowest BCUT2D eigenvalue weighted by Crippen LogP contribution is -2.14. The molecule has 7 rings (SSSR count). The van der Waals surface area contributed by atoms with Crippen molar-refractivity contribution in [2.24, 2.45) is 0 Å². The fourth-order valence-corrected chi connectivity index (χ4v) is 6.40. The highest BCUT2D eigenvalue weighted by atomic mass is 19.1. The van der Waals surface area contributed by atoms with E-state index in [1.807, 2.05) is 30.4 Å². The third-order valence-electron chi connectivity index (χ3n) is 8.59. The molecule has 0 aliphatic heterocycles. The molecule has 3 heteroatoms. The van der Waals surface area contributed by atoms with Crippen LogP contribution in [0.2, 0.25) is 0 Å². The first-order valence-electron chi connectivity index (χ1n) is 15.7. The number of nitrogens with zero attached hydrogens (tertiary/aromatic N) is 1. The molecule has 0 amide bonds. The molecule has 46 heavy (non-hydrogen) atoms. The number of halogens is 1. The fourth-order valence-electron chi connectivity index (χ4n) is 6.40. The van der Waals surface area contributed by atoms with E-state index in [4.69, 9.17) is 0 Å². The molecule has 2 nitrogen and oxygen atoms in total. The maximum absolute atomic E-state index is 12.7. The minimum Gasteiger partial charge on any atom is -0.385 e. The van der Waals surface area contributed by atoms with Gasteiger partial charge in [0.15, 0.2) is 0 Å². The smallest absolute Gasteiger partial charge is 0.108 e. The number of hydrogen-bond acceptors (Lipinski definition) is 2. The summed E-state index contributed by atoms with van der Waals surface area (Å²) < 4.78 is 12.7. The lowest BCUT2D eigenvalue weighted by molar-refractivity contribution is 0.562. The number of rotatable bonds is 11. The SMILES string of the molecule is C=C(/C=C\C=C/CF)N(c1ccccc1)c1ccc2ccc3c(-c4ccc(NCCc5ccccc5)cc4)ccc4ccc1c2c43. The van der Waals surface area contributed by atoms with Gasteiger partial charge in [0.2, 0.25) is 0 Å². The van der Waals surface area contributed by atoms with Gasteiger partial charge in [-0.3, -0.25) is 0 Å². The average molecular weight is 599 g/mol. The molecular formula is C43H35FN2. The highest BCUT2D eigenvalue weighted by molar-refractivity contribution is 6.27. The minimum absolute atomic E-state index is 0.494. The van der Waals surface area contributed by atoms with E-state index in [-0.39, 0.29) is 0 Å². The molecule has 0 bridgehead atoms. The standard InChI is InChI=1S/C43H35FN2/c1-31(11-5-4-10-29-44)46(37-14-8-3-9-15-37)41-27-21-35-19-25-39-38(24-18-34-20-26-40(41)43(35)42(34)39)33-16-22-36(23-17-33)45-30-28-32-12-6-2-7-13-32/h2-27,45H,1,28-30H2/b10-4-,11-5-. The first-order valence-corrected chi connectivity index (χ1v) is 15.7. The molecule has 0 aliphatic rings. The number of allylic oxidation sites excluding steroid dienone is 4. The van der Waals surface area contributed by atoms with E-state index in [0.717, 1.165) is 41.1 Å². The third-order valence-corrected chi connectivity index (χ3v) is 8.59. The maximum Gasteiger partial charge on any atom is 0.108 e. The van der Waals surface area contributed by atoms with Crippen molar-refractivity contribution in [1.82, 2.24) is 0 Å². The van der Waals surface area contributed by atoms with E-state index < -0.39 is 6.67 Å². The van der Waals surface area contributed by atoms with Crippen LogP contribution in [0.25, 0.3) is 43.4 Å². The monoisotopic (exact) mass is 598 g/mol. The Hall–Kier alpha value is -5.67. The Kier molecular flexibility index (Phi) is 8.30. The lowest BCUT2D eigenvalue weighted by atomic mass is 9.89. The Morgan fingerprint density at radius 1 is 0.674 bits per heavy atom. The minimum atomic E-state index is -0.494. The van der Waals surface area contributed by atoms with Crippen LogP contribution in [0.1, 0.15) is 5.56 Å². The van der Waals surface area contributed by atoms with Crippen LogP contribution in [-0.4, -0.2) is 13.2 Å². The summed E-state index contributed by atoms with van der Waals surface area (Å²) >= 11 is 0. The zero-order chi connectivity index (χ0) is 31.3. The van der Waals surface area contributed by atoms with Gasteiger partial charge in [0.1, 0.15) is 6.67 Å². The number of nitrogens with one attached hydrogen (secondary N) is 1. The highest BCUT2D eigenvalue weighted by Gasteiger charge is 2.19. The summed E-state index contributed by atoms with van der Waals surface area (Å²) in [5, 5.41) is 10.9. The van der Waals surface area contributed by atoms with Crippen molar-refractivity contribution in [1.29, 1.82) is 0 Å². The van der Waals surface area contributed by atoms with Crippen molar-refractivity contribution < 1.29 is 4.39 Å². The van der Waals surface area contributed by atoms with E-state index in [9.17, 15) is 4.39 Å². The van der Waals surface area contributed by atoms with Crippen LogP contribution >= 0.6 is 0 Å². The van der Waals surface area contributed by atoms with Crippen molar-refractivity contribution in [3.63, 3.8) is 0 Å². The van der Waals surface area contributed by atoms with E-state index in [1.165, 1.54) is 49.7 Å². The van der Waals surface area contributed by atoms with Crippen LogP contribution in [-0.2, 0) is 6.42 Å². The first kappa shape index (κ1) is 29.1. The summed E-state index contributed by atoms with van der Waals surface area (Å²) in [7, 11) is 0. The molecule has 0 radical (unpaired) electrons. The number of benzene rings is 7.